The smallest absolute Gasteiger partial charge is 0.322 e. The number of urea groups is 1. The quantitative estimate of drug-likeness (QED) is 0.401. The van der Waals surface area contributed by atoms with Crippen LogP contribution < -0.4 is 10.2 Å². The molecule has 0 radical (unpaired) electrons. The first-order valence-electron chi connectivity index (χ1n) is 12.9. The van der Waals surface area contributed by atoms with Gasteiger partial charge in [0.1, 0.15) is 23.7 Å². The molecule has 196 valence electrons. The van der Waals surface area contributed by atoms with Crippen molar-refractivity contribution in [3.63, 3.8) is 0 Å². The second-order valence-corrected chi connectivity index (χ2v) is 9.98. The number of nitriles is 1. The predicted molar refractivity (Wildman–Crippen MR) is 144 cm³/mol. The van der Waals surface area contributed by atoms with E-state index in [0.717, 1.165) is 24.1 Å². The lowest BCUT2D eigenvalue weighted by molar-refractivity contribution is 0.103. The molecule has 9 nitrogen and oxygen atoms in total. The van der Waals surface area contributed by atoms with Crippen LogP contribution in [-0.4, -0.2) is 56.9 Å². The van der Waals surface area contributed by atoms with Crippen LogP contribution >= 0.6 is 0 Å². The van der Waals surface area contributed by atoms with E-state index in [1.165, 1.54) is 18.5 Å². The van der Waals surface area contributed by atoms with E-state index in [2.05, 4.69) is 26.3 Å². The molecule has 2 aliphatic heterocycles. The van der Waals surface area contributed by atoms with Gasteiger partial charge in [-0.1, -0.05) is 0 Å². The number of hydrogen-bond acceptors (Lipinski definition) is 6. The van der Waals surface area contributed by atoms with E-state index in [1.807, 2.05) is 11.0 Å². The molecule has 1 saturated heterocycles. The number of nitrogens with one attached hydrogen (secondary N) is 1. The van der Waals surface area contributed by atoms with E-state index in [1.54, 1.807) is 42.1 Å². The van der Waals surface area contributed by atoms with Crippen molar-refractivity contribution in [1.29, 1.82) is 5.26 Å². The summed E-state index contributed by atoms with van der Waals surface area (Å²) in [6.45, 7) is 1.94. The first-order valence-corrected chi connectivity index (χ1v) is 12.9. The van der Waals surface area contributed by atoms with Gasteiger partial charge in [-0.05, 0) is 61.2 Å². The van der Waals surface area contributed by atoms with Crippen molar-refractivity contribution in [3.05, 3.63) is 83.2 Å². The second kappa shape index (κ2) is 9.83. The Morgan fingerprint density at radius 2 is 1.92 bits per heavy atom. The molecule has 39 heavy (non-hydrogen) atoms. The highest BCUT2D eigenvalue weighted by molar-refractivity contribution is 6.15. The molecule has 0 atom stereocenters. The third kappa shape index (κ3) is 4.56. The number of ketones is 1. The number of hydrogen-bond donors (Lipinski definition) is 1. The Kier molecular flexibility index (Phi) is 6.19. The van der Waals surface area contributed by atoms with Crippen molar-refractivity contribution >= 4 is 34.2 Å². The number of anilines is 2. The molecule has 10 heteroatoms. The normalized spacial score (nSPS) is 16.0. The minimum absolute atomic E-state index is 0.0741. The summed E-state index contributed by atoms with van der Waals surface area (Å²) in [4.78, 5) is 39.0. The molecule has 0 saturated carbocycles. The third-order valence-corrected chi connectivity index (χ3v) is 7.67. The van der Waals surface area contributed by atoms with Crippen LogP contribution in [0.4, 0.5) is 20.7 Å². The largest absolute Gasteiger partial charge is 0.356 e. The third-order valence-electron chi connectivity index (χ3n) is 7.67. The Balaban J connectivity index is 1.15. The van der Waals surface area contributed by atoms with Gasteiger partial charge in [0.15, 0.2) is 0 Å². The summed E-state index contributed by atoms with van der Waals surface area (Å²) in [6, 6.07) is 13.5. The maximum atomic E-state index is 13.7. The summed E-state index contributed by atoms with van der Waals surface area (Å²) in [5.74, 6) is 0.0618. The fourth-order valence-corrected chi connectivity index (χ4v) is 5.60. The highest BCUT2D eigenvalue weighted by atomic mass is 19.1. The minimum Gasteiger partial charge on any atom is -0.356 e. The molecule has 6 rings (SSSR count). The number of aryl methyl sites for hydroxylation is 1. The van der Waals surface area contributed by atoms with Crippen LogP contribution in [0.15, 0.2) is 55.0 Å². The first-order chi connectivity index (χ1) is 18.9. The van der Waals surface area contributed by atoms with Crippen molar-refractivity contribution in [1.82, 2.24) is 19.4 Å². The number of fused-ring (bicyclic) bond motifs is 2. The molecule has 2 aromatic carbocycles. The highest BCUT2D eigenvalue weighted by Crippen LogP contribution is 2.28. The van der Waals surface area contributed by atoms with Crippen LogP contribution in [0.1, 0.15) is 40.0 Å². The topological polar surface area (TPSA) is 107 Å². The van der Waals surface area contributed by atoms with Crippen LogP contribution in [0.3, 0.4) is 0 Å². The van der Waals surface area contributed by atoms with Crippen molar-refractivity contribution in [2.45, 2.75) is 25.3 Å². The lowest BCUT2D eigenvalue weighted by atomic mass is 10.0. The SMILES string of the molecule is Cn1cc(C(=O)c2cc(N3CCC(N4CCc5cc(C#N)ccc5NC4=O)CC3)ncn2)c2ccc(F)cc21. The molecule has 4 heterocycles. The average molecular weight is 524 g/mol. The average Bonchev–Trinajstić information content (AvgIpc) is 3.18. The van der Waals surface area contributed by atoms with E-state index in [9.17, 15) is 19.2 Å². The molecule has 0 aliphatic carbocycles. The zero-order valence-electron chi connectivity index (χ0n) is 21.4. The Morgan fingerprint density at radius 3 is 2.72 bits per heavy atom. The van der Waals surface area contributed by atoms with Crippen LogP contribution in [0, 0.1) is 17.1 Å². The number of nitrogens with zero attached hydrogens (tertiary/aromatic N) is 6. The van der Waals surface area contributed by atoms with Gasteiger partial charge in [-0.2, -0.15) is 5.26 Å². The number of carbonyl (C=O) groups excluding carboxylic acids is 2. The number of carbonyl (C=O) groups is 2. The fourth-order valence-electron chi connectivity index (χ4n) is 5.60. The van der Waals surface area contributed by atoms with Crippen LogP contribution in [0.2, 0.25) is 0 Å². The van der Waals surface area contributed by atoms with Gasteiger partial charge >= 0.3 is 6.03 Å². The lowest BCUT2D eigenvalue weighted by Gasteiger charge is -2.38. The standard InChI is InChI=1S/C29H26FN7O2/c1-35-16-23(22-4-3-20(30)13-26(22)35)28(38)25-14-27(33-17-32-25)36-9-7-21(8-10-36)37-11-6-19-12-18(15-31)2-5-24(19)34-29(37)39/h2-5,12-14,16-17,21H,6-11H2,1H3,(H,34,39). The van der Waals surface area contributed by atoms with Gasteiger partial charge in [-0.3, -0.25) is 4.79 Å². The van der Waals surface area contributed by atoms with E-state index < -0.39 is 0 Å². The number of piperidine rings is 1. The zero-order chi connectivity index (χ0) is 27.1. The number of halogens is 1. The maximum absolute atomic E-state index is 13.7. The molecule has 0 bridgehead atoms. The van der Waals surface area contributed by atoms with Gasteiger partial charge in [0, 0.05) is 61.6 Å². The molecule has 1 fully saturated rings. The number of aromatic nitrogens is 3. The fraction of sp³-hybridized carbons (Fsp3) is 0.276. The Hall–Kier alpha value is -4.78. The maximum Gasteiger partial charge on any atom is 0.322 e. The molecule has 1 N–H and O–H groups in total. The second-order valence-electron chi connectivity index (χ2n) is 9.98. The van der Waals surface area contributed by atoms with Gasteiger partial charge in [0.05, 0.1) is 17.1 Å². The number of amides is 2. The van der Waals surface area contributed by atoms with E-state index in [-0.39, 0.29) is 29.4 Å². The summed E-state index contributed by atoms with van der Waals surface area (Å²) < 4.78 is 15.5. The van der Waals surface area contributed by atoms with Gasteiger partial charge in [-0.15, -0.1) is 0 Å². The van der Waals surface area contributed by atoms with E-state index in [4.69, 9.17) is 0 Å². The Bertz CT molecular complexity index is 1650. The van der Waals surface area contributed by atoms with Crippen LogP contribution in [0.5, 0.6) is 0 Å². The van der Waals surface area contributed by atoms with Crippen molar-refractivity contribution in [2.24, 2.45) is 7.05 Å². The summed E-state index contributed by atoms with van der Waals surface area (Å²) in [5, 5.41) is 12.9. The molecule has 2 aliphatic rings. The molecule has 2 amide bonds. The summed E-state index contributed by atoms with van der Waals surface area (Å²) in [5.41, 5.74) is 3.69. The van der Waals surface area contributed by atoms with Gasteiger partial charge in [0.2, 0.25) is 5.78 Å². The summed E-state index contributed by atoms with van der Waals surface area (Å²) in [7, 11) is 1.78. The zero-order valence-corrected chi connectivity index (χ0v) is 21.4. The Morgan fingerprint density at radius 1 is 1.10 bits per heavy atom. The molecular weight excluding hydrogens is 497 g/mol. The van der Waals surface area contributed by atoms with E-state index in [0.29, 0.717) is 53.9 Å². The number of benzene rings is 2. The summed E-state index contributed by atoms with van der Waals surface area (Å²) in [6.07, 6.45) is 5.30. The number of rotatable bonds is 4. The molecular formula is C29H26FN7O2. The first kappa shape index (κ1) is 24.6. The van der Waals surface area contributed by atoms with Gasteiger partial charge in [-0.25, -0.2) is 19.2 Å². The van der Waals surface area contributed by atoms with E-state index >= 15 is 0 Å². The van der Waals surface area contributed by atoms with Crippen LogP contribution in [-0.2, 0) is 13.5 Å². The van der Waals surface area contributed by atoms with Crippen LogP contribution in [0.25, 0.3) is 10.9 Å². The van der Waals surface area contributed by atoms with Crippen molar-refractivity contribution in [2.75, 3.05) is 29.9 Å². The highest BCUT2D eigenvalue weighted by Gasteiger charge is 2.31. The predicted octanol–water partition coefficient (Wildman–Crippen LogP) is 4.27. The molecule has 4 aromatic rings. The lowest BCUT2D eigenvalue weighted by Crippen LogP contribution is -2.49. The molecule has 0 unspecified atom stereocenters. The monoisotopic (exact) mass is 523 g/mol. The Labute approximate surface area is 224 Å². The molecule has 2 aromatic heterocycles. The van der Waals surface area contributed by atoms with Gasteiger partial charge < -0.3 is 19.7 Å². The van der Waals surface area contributed by atoms with Crippen molar-refractivity contribution in [3.8, 4) is 6.07 Å². The van der Waals surface area contributed by atoms with Gasteiger partial charge in [0.25, 0.3) is 0 Å². The molecule has 0 spiro atoms. The summed E-state index contributed by atoms with van der Waals surface area (Å²) >= 11 is 0. The van der Waals surface area contributed by atoms with Crippen molar-refractivity contribution < 1.29 is 14.0 Å². The minimum atomic E-state index is -0.356.